The summed E-state index contributed by atoms with van der Waals surface area (Å²) in [6.07, 6.45) is 0.0206. The summed E-state index contributed by atoms with van der Waals surface area (Å²) in [5.74, 6) is -0.814. The van der Waals surface area contributed by atoms with Crippen molar-refractivity contribution in [1.82, 2.24) is 4.98 Å². The van der Waals surface area contributed by atoms with Crippen molar-refractivity contribution in [1.29, 1.82) is 0 Å². The second-order valence-corrected chi connectivity index (χ2v) is 5.42. The lowest BCUT2D eigenvalue weighted by molar-refractivity contribution is -0.136. The molecule has 1 aromatic heterocycles. The van der Waals surface area contributed by atoms with E-state index < -0.39 is 5.97 Å². The van der Waals surface area contributed by atoms with Gasteiger partial charge in [-0.25, -0.2) is 0 Å². The maximum absolute atomic E-state index is 11.2. The molecule has 1 heterocycles. The van der Waals surface area contributed by atoms with Crippen LogP contribution in [0, 0.1) is 13.8 Å². The van der Waals surface area contributed by atoms with Crippen LogP contribution in [0.4, 0.5) is 0 Å². The van der Waals surface area contributed by atoms with Gasteiger partial charge < -0.3 is 10.1 Å². The maximum atomic E-state index is 11.2. The average Bonchev–Trinajstić information content (AvgIpc) is 2.79. The van der Waals surface area contributed by atoms with Gasteiger partial charge in [0, 0.05) is 10.9 Å². The van der Waals surface area contributed by atoms with E-state index in [-0.39, 0.29) is 6.42 Å². The van der Waals surface area contributed by atoms with Gasteiger partial charge in [0.05, 0.1) is 12.1 Å². The number of fused-ring (bicyclic) bond motifs is 1. The van der Waals surface area contributed by atoms with Crippen LogP contribution in [-0.2, 0) is 11.2 Å². The van der Waals surface area contributed by atoms with Crippen LogP contribution >= 0.6 is 0 Å². The topological polar surface area (TPSA) is 53.1 Å². The fourth-order valence-corrected chi connectivity index (χ4v) is 2.80. The van der Waals surface area contributed by atoms with E-state index in [1.807, 2.05) is 50.2 Å². The van der Waals surface area contributed by atoms with E-state index >= 15 is 0 Å². The number of carboxylic acid groups (broad SMARTS) is 1. The number of benzene rings is 2. The van der Waals surface area contributed by atoms with Crippen LogP contribution in [-0.4, -0.2) is 16.1 Å². The lowest BCUT2D eigenvalue weighted by atomic mass is 10.0. The molecule has 3 nitrogen and oxygen atoms in total. The number of aryl methyl sites for hydroxylation is 2. The number of rotatable bonds is 3. The summed E-state index contributed by atoms with van der Waals surface area (Å²) in [7, 11) is 0. The first-order valence-corrected chi connectivity index (χ1v) is 6.95. The zero-order valence-corrected chi connectivity index (χ0v) is 12.1. The lowest BCUT2D eigenvalue weighted by Crippen LogP contribution is -2.01. The monoisotopic (exact) mass is 279 g/mol. The van der Waals surface area contributed by atoms with Crippen LogP contribution in [0.25, 0.3) is 22.2 Å². The SMILES string of the molecule is Cc1cccc(-c2[nH]c3c(C)cccc3c2CC(=O)O)c1. The molecule has 3 rings (SSSR count). The summed E-state index contributed by atoms with van der Waals surface area (Å²) in [5, 5.41) is 10.2. The number of carbonyl (C=O) groups is 1. The van der Waals surface area contributed by atoms with E-state index in [0.717, 1.165) is 38.9 Å². The first-order chi connectivity index (χ1) is 10.1. The number of hydrogen-bond acceptors (Lipinski definition) is 1. The number of carboxylic acids is 1. The van der Waals surface area contributed by atoms with Gasteiger partial charge in [0.1, 0.15) is 0 Å². The first kappa shape index (κ1) is 13.4. The van der Waals surface area contributed by atoms with Crippen LogP contribution in [0.1, 0.15) is 16.7 Å². The van der Waals surface area contributed by atoms with Gasteiger partial charge in [-0.05, 0) is 36.6 Å². The predicted octanol–water partition coefficient (Wildman–Crippen LogP) is 4.08. The molecule has 0 fully saturated rings. The molecule has 0 atom stereocenters. The van der Waals surface area contributed by atoms with Crippen molar-refractivity contribution < 1.29 is 9.90 Å². The van der Waals surface area contributed by atoms with Gasteiger partial charge in [-0.15, -0.1) is 0 Å². The first-order valence-electron chi connectivity index (χ1n) is 6.95. The van der Waals surface area contributed by atoms with E-state index in [2.05, 4.69) is 11.1 Å². The van der Waals surface area contributed by atoms with Gasteiger partial charge in [-0.3, -0.25) is 4.79 Å². The zero-order valence-electron chi connectivity index (χ0n) is 12.1. The molecule has 0 aliphatic rings. The molecule has 0 bridgehead atoms. The summed E-state index contributed by atoms with van der Waals surface area (Å²) in [4.78, 5) is 14.6. The quantitative estimate of drug-likeness (QED) is 0.759. The highest BCUT2D eigenvalue weighted by Gasteiger charge is 2.16. The Morgan fingerprint density at radius 2 is 1.90 bits per heavy atom. The second-order valence-electron chi connectivity index (χ2n) is 5.42. The smallest absolute Gasteiger partial charge is 0.307 e. The molecule has 0 radical (unpaired) electrons. The number of nitrogens with one attached hydrogen (secondary N) is 1. The van der Waals surface area contributed by atoms with Crippen molar-refractivity contribution in [3.8, 4) is 11.3 Å². The number of para-hydroxylation sites is 1. The molecule has 0 unspecified atom stereocenters. The average molecular weight is 279 g/mol. The van der Waals surface area contributed by atoms with Crippen molar-refractivity contribution >= 4 is 16.9 Å². The van der Waals surface area contributed by atoms with E-state index in [1.165, 1.54) is 0 Å². The third kappa shape index (κ3) is 2.42. The van der Waals surface area contributed by atoms with E-state index in [0.29, 0.717) is 0 Å². The highest BCUT2D eigenvalue weighted by Crippen LogP contribution is 2.32. The zero-order chi connectivity index (χ0) is 15.0. The van der Waals surface area contributed by atoms with Crippen molar-refractivity contribution in [2.24, 2.45) is 0 Å². The highest BCUT2D eigenvalue weighted by atomic mass is 16.4. The minimum atomic E-state index is -0.814. The molecule has 21 heavy (non-hydrogen) atoms. The Hall–Kier alpha value is -2.55. The number of H-pyrrole nitrogens is 1. The molecule has 0 spiro atoms. The van der Waals surface area contributed by atoms with Crippen molar-refractivity contribution in [2.75, 3.05) is 0 Å². The van der Waals surface area contributed by atoms with Gasteiger partial charge in [-0.1, -0.05) is 42.0 Å². The Morgan fingerprint density at radius 3 is 2.62 bits per heavy atom. The highest BCUT2D eigenvalue weighted by molar-refractivity contribution is 5.95. The van der Waals surface area contributed by atoms with Crippen molar-refractivity contribution in [3.05, 3.63) is 59.2 Å². The Bertz CT molecular complexity index is 830. The summed E-state index contributed by atoms with van der Waals surface area (Å²) in [5.41, 5.74) is 6.09. The molecular weight excluding hydrogens is 262 g/mol. The van der Waals surface area contributed by atoms with Crippen LogP contribution < -0.4 is 0 Å². The molecule has 2 N–H and O–H groups in total. The maximum Gasteiger partial charge on any atom is 0.307 e. The summed E-state index contributed by atoms with van der Waals surface area (Å²) < 4.78 is 0. The Morgan fingerprint density at radius 1 is 1.14 bits per heavy atom. The van der Waals surface area contributed by atoms with Gasteiger partial charge in [0.15, 0.2) is 0 Å². The number of aromatic amines is 1. The van der Waals surface area contributed by atoms with Gasteiger partial charge in [0.2, 0.25) is 0 Å². The molecule has 0 aliphatic carbocycles. The summed E-state index contributed by atoms with van der Waals surface area (Å²) in [6.45, 7) is 4.07. The molecule has 2 aromatic carbocycles. The van der Waals surface area contributed by atoms with E-state index in [9.17, 15) is 9.90 Å². The molecule has 3 aromatic rings. The third-order valence-electron chi connectivity index (χ3n) is 3.78. The summed E-state index contributed by atoms with van der Waals surface area (Å²) >= 11 is 0. The van der Waals surface area contributed by atoms with E-state index in [4.69, 9.17) is 0 Å². The van der Waals surface area contributed by atoms with Crippen molar-refractivity contribution in [2.45, 2.75) is 20.3 Å². The fraction of sp³-hybridized carbons (Fsp3) is 0.167. The Labute approximate surface area is 123 Å². The number of hydrogen-bond donors (Lipinski definition) is 2. The normalized spacial score (nSPS) is 11.0. The molecule has 106 valence electrons. The second kappa shape index (κ2) is 5.09. The summed E-state index contributed by atoms with van der Waals surface area (Å²) in [6, 6.07) is 14.1. The third-order valence-corrected chi connectivity index (χ3v) is 3.78. The molecular formula is C18H17NO2. The molecule has 0 saturated carbocycles. The van der Waals surface area contributed by atoms with Crippen LogP contribution in [0.3, 0.4) is 0 Å². The largest absolute Gasteiger partial charge is 0.481 e. The number of aliphatic carboxylic acids is 1. The Kier molecular flexibility index (Phi) is 3.26. The number of aromatic nitrogens is 1. The minimum Gasteiger partial charge on any atom is -0.481 e. The molecule has 0 saturated heterocycles. The van der Waals surface area contributed by atoms with Gasteiger partial charge >= 0.3 is 5.97 Å². The minimum absolute atomic E-state index is 0.0206. The fourth-order valence-electron chi connectivity index (χ4n) is 2.80. The van der Waals surface area contributed by atoms with Crippen LogP contribution in [0.15, 0.2) is 42.5 Å². The predicted molar refractivity (Wildman–Crippen MR) is 84.5 cm³/mol. The standard InChI is InChI=1S/C18H17NO2/c1-11-5-3-7-13(9-11)18-15(10-16(20)21)14-8-4-6-12(2)17(14)19-18/h3-9,19H,10H2,1-2H3,(H,20,21). The molecule has 0 aliphatic heterocycles. The molecule has 0 amide bonds. The van der Waals surface area contributed by atoms with E-state index in [1.54, 1.807) is 0 Å². The van der Waals surface area contributed by atoms with Crippen LogP contribution in [0.5, 0.6) is 0 Å². The molecule has 3 heteroatoms. The van der Waals surface area contributed by atoms with Crippen LogP contribution in [0.2, 0.25) is 0 Å². The Balaban J connectivity index is 2.30. The van der Waals surface area contributed by atoms with Gasteiger partial charge in [0.25, 0.3) is 0 Å². The van der Waals surface area contributed by atoms with Crippen molar-refractivity contribution in [3.63, 3.8) is 0 Å². The lowest BCUT2D eigenvalue weighted by Gasteiger charge is -2.04. The van der Waals surface area contributed by atoms with Gasteiger partial charge in [-0.2, -0.15) is 0 Å².